The van der Waals surface area contributed by atoms with Crippen LogP contribution in [0.25, 0.3) is 0 Å². The molecular weight excluding hydrogens is 156 g/mol. The summed E-state index contributed by atoms with van der Waals surface area (Å²) >= 11 is 0. The van der Waals surface area contributed by atoms with Crippen LogP contribution in [0.15, 0.2) is 75.4 Å². The van der Waals surface area contributed by atoms with Crippen molar-refractivity contribution in [3.63, 3.8) is 0 Å². The highest BCUT2D eigenvalue weighted by Crippen LogP contribution is 1.81. The molecule has 0 aromatic heterocycles. The van der Waals surface area contributed by atoms with E-state index in [4.69, 9.17) is 0 Å². The van der Waals surface area contributed by atoms with Crippen LogP contribution in [0.3, 0.4) is 0 Å². The molecule has 0 heterocycles. The lowest BCUT2D eigenvalue weighted by Crippen LogP contribution is -1.50. The molecule has 0 aromatic rings. The molecule has 0 aromatic carbocycles. The lowest BCUT2D eigenvalue weighted by atomic mass is 10.4. The molecule has 13 heavy (non-hydrogen) atoms. The van der Waals surface area contributed by atoms with Gasteiger partial charge in [-0.2, -0.15) is 0 Å². The second-order valence-electron chi connectivity index (χ2n) is 1.99. The first-order valence-electron chi connectivity index (χ1n) is 3.85. The molecule has 0 rings (SSSR count). The molecule has 0 N–H and O–H groups in total. The van der Waals surface area contributed by atoms with Crippen molar-refractivity contribution in [3.05, 3.63) is 75.4 Å². The fraction of sp³-hybridized carbons (Fsp3) is 0.0769. The van der Waals surface area contributed by atoms with Gasteiger partial charge in [0.25, 0.3) is 0 Å². The third-order valence-electron chi connectivity index (χ3n) is 0.682. The lowest BCUT2D eigenvalue weighted by molar-refractivity contribution is 1.58. The van der Waals surface area contributed by atoms with Crippen molar-refractivity contribution in [2.24, 2.45) is 0 Å². The maximum Gasteiger partial charge on any atom is -0.0404 e. The minimum absolute atomic E-state index is 1.02. The molecule has 0 heteroatoms. The Morgan fingerprint density at radius 3 is 0.923 bits per heavy atom. The first-order valence-corrected chi connectivity index (χ1v) is 3.85. The van der Waals surface area contributed by atoms with Gasteiger partial charge in [-0.25, -0.2) is 0 Å². The Morgan fingerprint density at radius 2 is 0.923 bits per heavy atom. The van der Waals surface area contributed by atoms with Crippen molar-refractivity contribution < 1.29 is 0 Å². The Hall–Kier alpha value is -1.56. The highest BCUT2D eigenvalue weighted by molar-refractivity contribution is 5.05. The van der Waals surface area contributed by atoms with Crippen LogP contribution in [0.4, 0.5) is 0 Å². The van der Waals surface area contributed by atoms with Crippen molar-refractivity contribution in [3.8, 4) is 0 Å². The summed E-state index contributed by atoms with van der Waals surface area (Å²) in [5, 5.41) is 0. The maximum atomic E-state index is 3.56. The molecule has 72 valence electrons. The minimum atomic E-state index is 1.02. The predicted molar refractivity (Wildman–Crippen MR) is 65.8 cm³/mol. The third-order valence-corrected chi connectivity index (χ3v) is 0.682. The van der Waals surface area contributed by atoms with E-state index in [1.54, 1.807) is 30.4 Å². The smallest absolute Gasteiger partial charge is 0.0404 e. The zero-order valence-corrected chi connectivity index (χ0v) is 8.63. The Balaban J connectivity index is -0.000000117. The summed E-state index contributed by atoms with van der Waals surface area (Å²) in [5.41, 5.74) is 1.02. The Morgan fingerprint density at radius 1 is 0.769 bits per heavy atom. The average Bonchev–Trinajstić information content (AvgIpc) is 2.18. The van der Waals surface area contributed by atoms with Crippen LogP contribution in [0.5, 0.6) is 0 Å². The van der Waals surface area contributed by atoms with Gasteiger partial charge in [-0.05, 0) is 6.92 Å². The highest BCUT2D eigenvalue weighted by atomic mass is 13.7. The van der Waals surface area contributed by atoms with Crippen LogP contribution in [-0.4, -0.2) is 0 Å². The van der Waals surface area contributed by atoms with Gasteiger partial charge in [-0.3, -0.25) is 0 Å². The Labute approximate surface area is 83.0 Å². The summed E-state index contributed by atoms with van der Waals surface area (Å²) in [7, 11) is 0. The summed E-state index contributed by atoms with van der Waals surface area (Å²) in [6.45, 7) is 22.4. The fourth-order valence-corrected chi connectivity index (χ4v) is 0. The van der Waals surface area contributed by atoms with E-state index in [2.05, 4.69) is 39.5 Å². The van der Waals surface area contributed by atoms with Crippen LogP contribution in [0.1, 0.15) is 6.92 Å². The lowest BCUT2D eigenvalue weighted by Gasteiger charge is -1.71. The molecule has 0 aliphatic rings. The molecule has 0 radical (unpaired) electrons. The summed E-state index contributed by atoms with van der Waals surface area (Å²) in [6.07, 6.45) is 8.28. The van der Waals surface area contributed by atoms with E-state index in [0.717, 1.165) is 5.57 Å². The van der Waals surface area contributed by atoms with Gasteiger partial charge < -0.3 is 0 Å². The van der Waals surface area contributed by atoms with E-state index in [1.807, 2.05) is 6.92 Å². The van der Waals surface area contributed by atoms with Gasteiger partial charge in [-0.1, -0.05) is 75.4 Å². The van der Waals surface area contributed by atoms with E-state index in [-0.39, 0.29) is 0 Å². The molecule has 0 saturated carbocycles. The summed E-state index contributed by atoms with van der Waals surface area (Å²) < 4.78 is 0. The number of allylic oxidation sites excluding steroid dienone is 6. The van der Waals surface area contributed by atoms with E-state index in [1.165, 1.54) is 0 Å². The van der Waals surface area contributed by atoms with Gasteiger partial charge in [0, 0.05) is 0 Å². The molecule has 0 atom stereocenters. The number of hydrogen-bond donors (Lipinski definition) is 0. The van der Waals surface area contributed by atoms with Crippen molar-refractivity contribution in [2.45, 2.75) is 6.92 Å². The number of hydrogen-bond acceptors (Lipinski definition) is 0. The largest absolute Gasteiger partial charge is 0.0991 e. The van der Waals surface area contributed by atoms with E-state index in [0.29, 0.717) is 0 Å². The van der Waals surface area contributed by atoms with Crippen LogP contribution >= 0.6 is 0 Å². The SMILES string of the molecule is C=CC(=C)C.C=CC=C.C=CC=C. The summed E-state index contributed by atoms with van der Waals surface area (Å²) in [4.78, 5) is 0. The fourth-order valence-electron chi connectivity index (χ4n) is 0. The Kier molecular flexibility index (Phi) is 30.2. The molecule has 0 amide bonds. The molecule has 0 fully saturated rings. The Bertz CT molecular complexity index is 146. The van der Waals surface area contributed by atoms with Crippen LogP contribution in [-0.2, 0) is 0 Å². The van der Waals surface area contributed by atoms with Gasteiger partial charge in [0.05, 0.1) is 0 Å². The van der Waals surface area contributed by atoms with Crippen LogP contribution in [0.2, 0.25) is 0 Å². The maximum absolute atomic E-state index is 3.56. The predicted octanol–water partition coefficient (Wildman–Crippen LogP) is 4.47. The second-order valence-corrected chi connectivity index (χ2v) is 1.99. The van der Waals surface area contributed by atoms with Gasteiger partial charge in [-0.15, -0.1) is 0 Å². The third kappa shape index (κ3) is 125. The molecular formula is C13H20. The van der Waals surface area contributed by atoms with Crippen molar-refractivity contribution in [1.82, 2.24) is 0 Å². The first kappa shape index (κ1) is 17.5. The number of rotatable bonds is 3. The van der Waals surface area contributed by atoms with Gasteiger partial charge >= 0.3 is 0 Å². The van der Waals surface area contributed by atoms with Crippen molar-refractivity contribution >= 4 is 0 Å². The van der Waals surface area contributed by atoms with E-state index in [9.17, 15) is 0 Å². The molecule has 0 aliphatic heterocycles. The highest BCUT2D eigenvalue weighted by Gasteiger charge is 1.59. The second kappa shape index (κ2) is 22.4. The molecule has 0 saturated heterocycles. The van der Waals surface area contributed by atoms with Gasteiger partial charge in [0.1, 0.15) is 0 Å². The summed E-state index contributed by atoms with van der Waals surface area (Å²) in [5.74, 6) is 0. The molecule has 0 bridgehead atoms. The normalized spacial score (nSPS) is 5.62. The minimum Gasteiger partial charge on any atom is -0.0991 e. The monoisotopic (exact) mass is 176 g/mol. The van der Waals surface area contributed by atoms with Crippen molar-refractivity contribution in [2.75, 3.05) is 0 Å². The van der Waals surface area contributed by atoms with E-state index < -0.39 is 0 Å². The van der Waals surface area contributed by atoms with Crippen molar-refractivity contribution in [1.29, 1.82) is 0 Å². The van der Waals surface area contributed by atoms with Crippen LogP contribution in [0, 0.1) is 0 Å². The zero-order chi connectivity index (χ0) is 11.1. The molecule has 0 aliphatic carbocycles. The van der Waals surface area contributed by atoms with Gasteiger partial charge in [0.15, 0.2) is 0 Å². The molecule has 0 unspecified atom stereocenters. The summed E-state index contributed by atoms with van der Waals surface area (Å²) in [6, 6.07) is 0. The van der Waals surface area contributed by atoms with Crippen LogP contribution < -0.4 is 0 Å². The topological polar surface area (TPSA) is 0 Å². The average molecular weight is 176 g/mol. The molecule has 0 spiro atoms. The zero-order valence-electron chi connectivity index (χ0n) is 8.63. The van der Waals surface area contributed by atoms with Gasteiger partial charge in [0.2, 0.25) is 0 Å². The standard InChI is InChI=1S/C5H8.2C4H6/c1-4-5(2)3;2*1-3-4-2/h4H,1-2H2,3H3;2*3-4H,1-2H2. The quantitative estimate of drug-likeness (QED) is 0.557. The molecule has 0 nitrogen and oxygen atoms in total. The first-order chi connectivity index (χ1) is 6.10. The van der Waals surface area contributed by atoms with E-state index >= 15 is 0 Å².